The SMILES string of the molecule is CN1CCN(CCC(=O)c2ccc([N+](=O)[O-])cc2)CC1.[Cl-]. The summed E-state index contributed by atoms with van der Waals surface area (Å²) in [6.07, 6.45) is 0.460. The Morgan fingerprint density at radius 3 is 2.29 bits per heavy atom. The van der Waals surface area contributed by atoms with Crippen molar-refractivity contribution in [3.63, 3.8) is 0 Å². The second-order valence-electron chi connectivity index (χ2n) is 5.12. The molecule has 6 nitrogen and oxygen atoms in total. The van der Waals surface area contributed by atoms with E-state index in [-0.39, 0.29) is 23.9 Å². The summed E-state index contributed by atoms with van der Waals surface area (Å²) in [5.41, 5.74) is 0.561. The number of piperazine rings is 1. The summed E-state index contributed by atoms with van der Waals surface area (Å²) in [5.74, 6) is 0.0406. The van der Waals surface area contributed by atoms with Crippen molar-refractivity contribution in [3.8, 4) is 0 Å². The van der Waals surface area contributed by atoms with Crippen molar-refractivity contribution in [3.05, 3.63) is 39.9 Å². The first-order chi connectivity index (χ1) is 9.56. The summed E-state index contributed by atoms with van der Waals surface area (Å²) in [4.78, 5) is 26.7. The monoisotopic (exact) mass is 312 g/mol. The van der Waals surface area contributed by atoms with Gasteiger partial charge >= 0.3 is 0 Å². The third kappa shape index (κ3) is 5.08. The van der Waals surface area contributed by atoms with Gasteiger partial charge in [0.2, 0.25) is 0 Å². The fourth-order valence-corrected chi connectivity index (χ4v) is 2.24. The van der Waals surface area contributed by atoms with Crippen LogP contribution in [0.5, 0.6) is 0 Å². The maximum absolute atomic E-state index is 12.0. The predicted molar refractivity (Wildman–Crippen MR) is 76.0 cm³/mol. The molecule has 0 aliphatic carbocycles. The molecule has 0 bridgehead atoms. The third-order valence-corrected chi connectivity index (χ3v) is 3.65. The molecule has 0 atom stereocenters. The standard InChI is InChI=1S/C14H19N3O3.ClH/c1-15-8-10-16(11-9-15)7-6-14(18)12-2-4-13(5-3-12)17(19)20;/h2-5H,6-11H2,1H3;1H/p-1. The van der Waals surface area contributed by atoms with Gasteiger partial charge in [-0.25, -0.2) is 0 Å². The van der Waals surface area contributed by atoms with E-state index in [0.717, 1.165) is 32.7 Å². The second-order valence-corrected chi connectivity index (χ2v) is 5.12. The Morgan fingerprint density at radius 2 is 1.76 bits per heavy atom. The van der Waals surface area contributed by atoms with Crippen molar-refractivity contribution in [2.75, 3.05) is 39.8 Å². The van der Waals surface area contributed by atoms with E-state index in [9.17, 15) is 14.9 Å². The van der Waals surface area contributed by atoms with Crippen molar-refractivity contribution in [1.82, 2.24) is 9.80 Å². The highest BCUT2D eigenvalue weighted by Gasteiger charge is 2.15. The number of Topliss-reactive ketones (excluding diaryl/α,β-unsaturated/α-hetero) is 1. The fourth-order valence-electron chi connectivity index (χ4n) is 2.24. The Morgan fingerprint density at radius 1 is 1.19 bits per heavy atom. The number of likely N-dealkylation sites (N-methyl/N-ethyl adjacent to an activating group) is 1. The molecule has 1 aliphatic rings. The number of rotatable bonds is 5. The van der Waals surface area contributed by atoms with E-state index in [2.05, 4.69) is 16.8 Å². The summed E-state index contributed by atoms with van der Waals surface area (Å²) in [7, 11) is 2.10. The van der Waals surface area contributed by atoms with Crippen molar-refractivity contribution in [1.29, 1.82) is 0 Å². The van der Waals surface area contributed by atoms with Gasteiger partial charge in [-0.2, -0.15) is 0 Å². The topological polar surface area (TPSA) is 66.7 Å². The quantitative estimate of drug-likeness (QED) is 0.373. The van der Waals surface area contributed by atoms with E-state index in [1.807, 2.05) is 0 Å². The van der Waals surface area contributed by atoms with Crippen LogP contribution in [0.2, 0.25) is 0 Å². The van der Waals surface area contributed by atoms with Crippen LogP contribution < -0.4 is 12.4 Å². The lowest BCUT2D eigenvalue weighted by molar-refractivity contribution is -0.384. The van der Waals surface area contributed by atoms with E-state index >= 15 is 0 Å². The normalized spacial score (nSPS) is 16.2. The highest BCUT2D eigenvalue weighted by Crippen LogP contribution is 2.13. The van der Waals surface area contributed by atoms with Crippen molar-refractivity contribution in [2.24, 2.45) is 0 Å². The molecule has 0 saturated carbocycles. The van der Waals surface area contributed by atoms with Gasteiger partial charge in [0.15, 0.2) is 5.78 Å². The summed E-state index contributed by atoms with van der Waals surface area (Å²) < 4.78 is 0. The van der Waals surface area contributed by atoms with Gasteiger partial charge in [0.05, 0.1) is 4.92 Å². The van der Waals surface area contributed by atoms with E-state index in [1.54, 1.807) is 0 Å². The summed E-state index contributed by atoms with van der Waals surface area (Å²) >= 11 is 0. The lowest BCUT2D eigenvalue weighted by Crippen LogP contribution is -3.00. The number of benzene rings is 1. The molecule has 1 aromatic carbocycles. The van der Waals surface area contributed by atoms with E-state index in [0.29, 0.717) is 12.0 Å². The molecule has 0 N–H and O–H groups in total. The van der Waals surface area contributed by atoms with E-state index < -0.39 is 4.92 Å². The lowest BCUT2D eigenvalue weighted by atomic mass is 10.1. The first kappa shape index (κ1) is 17.6. The molecule has 1 heterocycles. The number of halogens is 1. The molecule has 0 amide bonds. The molecule has 0 unspecified atom stereocenters. The molecular weight excluding hydrogens is 294 g/mol. The van der Waals surface area contributed by atoms with Gasteiger partial charge in [0.1, 0.15) is 0 Å². The molecule has 0 spiro atoms. The molecule has 2 rings (SSSR count). The maximum atomic E-state index is 12.0. The van der Waals surface area contributed by atoms with Gasteiger partial charge in [-0.15, -0.1) is 0 Å². The van der Waals surface area contributed by atoms with Crippen molar-refractivity contribution >= 4 is 11.5 Å². The minimum absolute atomic E-state index is 0. The zero-order valence-corrected chi connectivity index (χ0v) is 12.8. The Labute approximate surface area is 130 Å². The van der Waals surface area contributed by atoms with Crippen molar-refractivity contribution in [2.45, 2.75) is 6.42 Å². The number of hydrogen-bond acceptors (Lipinski definition) is 5. The van der Waals surface area contributed by atoms with Gasteiger partial charge in [-0.1, -0.05) is 0 Å². The molecule has 1 aromatic rings. The van der Waals surface area contributed by atoms with Crippen LogP contribution in [0.15, 0.2) is 24.3 Å². The van der Waals surface area contributed by atoms with E-state index in [4.69, 9.17) is 0 Å². The molecule has 1 aliphatic heterocycles. The number of hydrogen-bond donors (Lipinski definition) is 0. The minimum Gasteiger partial charge on any atom is -1.00 e. The zero-order chi connectivity index (χ0) is 14.5. The van der Waals surface area contributed by atoms with Crippen LogP contribution >= 0.6 is 0 Å². The van der Waals surface area contributed by atoms with E-state index in [1.165, 1.54) is 24.3 Å². The number of nitro groups is 1. The van der Waals surface area contributed by atoms with Gasteiger partial charge in [0.25, 0.3) is 5.69 Å². The molecule has 1 saturated heterocycles. The van der Waals surface area contributed by atoms with Crippen LogP contribution in [-0.4, -0.2) is 60.3 Å². The van der Waals surface area contributed by atoms with Crippen LogP contribution in [0.3, 0.4) is 0 Å². The number of ketones is 1. The smallest absolute Gasteiger partial charge is 0.269 e. The zero-order valence-electron chi connectivity index (χ0n) is 12.0. The molecule has 0 aromatic heterocycles. The average molecular weight is 313 g/mol. The van der Waals surface area contributed by atoms with Gasteiger partial charge in [-0.05, 0) is 19.2 Å². The van der Waals surface area contributed by atoms with Crippen LogP contribution in [-0.2, 0) is 0 Å². The number of non-ortho nitro benzene ring substituents is 1. The number of carbonyl (C=O) groups excluding carboxylic acids is 1. The number of nitrogens with zero attached hydrogens (tertiary/aromatic N) is 3. The Kier molecular flexibility index (Phi) is 6.74. The van der Waals surface area contributed by atoms with Gasteiger partial charge in [-0.3, -0.25) is 14.9 Å². The van der Waals surface area contributed by atoms with Crippen LogP contribution in [0, 0.1) is 10.1 Å². The number of nitro benzene ring substituents is 1. The Balaban J connectivity index is 0.00000220. The molecule has 21 heavy (non-hydrogen) atoms. The third-order valence-electron chi connectivity index (χ3n) is 3.65. The summed E-state index contributed by atoms with van der Waals surface area (Å²) in [6.45, 7) is 4.80. The first-order valence-electron chi connectivity index (χ1n) is 6.75. The predicted octanol–water partition coefficient (Wildman–Crippen LogP) is -1.58. The Hall–Kier alpha value is -1.50. The highest BCUT2D eigenvalue weighted by molar-refractivity contribution is 5.96. The van der Waals surface area contributed by atoms with Crippen LogP contribution in [0.25, 0.3) is 0 Å². The molecule has 0 radical (unpaired) electrons. The fraction of sp³-hybridized carbons (Fsp3) is 0.500. The Bertz CT molecular complexity index is 485. The lowest BCUT2D eigenvalue weighted by Gasteiger charge is -2.32. The van der Waals surface area contributed by atoms with Crippen molar-refractivity contribution < 1.29 is 22.1 Å². The molecule has 1 fully saturated rings. The highest BCUT2D eigenvalue weighted by atomic mass is 35.5. The second kappa shape index (κ2) is 8.07. The average Bonchev–Trinajstić information content (AvgIpc) is 2.46. The van der Waals surface area contributed by atoms with Gasteiger partial charge < -0.3 is 22.2 Å². The molecule has 116 valence electrons. The first-order valence-corrected chi connectivity index (χ1v) is 6.75. The van der Waals surface area contributed by atoms with Gasteiger partial charge in [0, 0.05) is 56.8 Å². The summed E-state index contributed by atoms with van der Waals surface area (Å²) in [6, 6.07) is 5.82. The minimum atomic E-state index is -0.460. The molecular formula is C14H19ClN3O3-. The largest absolute Gasteiger partial charge is 1.00 e. The number of carbonyl (C=O) groups is 1. The van der Waals surface area contributed by atoms with Crippen LogP contribution in [0.1, 0.15) is 16.8 Å². The van der Waals surface area contributed by atoms with Crippen LogP contribution in [0.4, 0.5) is 5.69 Å². The maximum Gasteiger partial charge on any atom is 0.269 e. The molecule has 7 heteroatoms. The summed E-state index contributed by atoms with van der Waals surface area (Å²) in [5, 5.41) is 10.6.